The lowest BCUT2D eigenvalue weighted by atomic mass is 10.00. The van der Waals surface area contributed by atoms with E-state index in [4.69, 9.17) is 5.73 Å². The van der Waals surface area contributed by atoms with Crippen molar-refractivity contribution in [2.45, 2.75) is 38.1 Å². The molecule has 0 spiro atoms. The van der Waals surface area contributed by atoms with Gasteiger partial charge in [0, 0.05) is 25.3 Å². The Morgan fingerprint density at radius 1 is 1.05 bits per heavy atom. The first-order valence-corrected chi connectivity index (χ1v) is 7.54. The molecule has 4 heteroatoms. The Balaban J connectivity index is 1.58. The number of rotatable bonds is 2. The molecule has 3 rings (SSSR count). The number of nitrogens with zero attached hydrogens (tertiary/aromatic N) is 3. The van der Waals surface area contributed by atoms with Crippen LogP contribution in [0.3, 0.4) is 0 Å². The van der Waals surface area contributed by atoms with Gasteiger partial charge < -0.3 is 15.5 Å². The molecule has 2 aliphatic rings. The molecule has 3 heterocycles. The predicted octanol–water partition coefficient (Wildman–Crippen LogP) is 2.12. The number of hydrogen-bond acceptors (Lipinski definition) is 4. The fourth-order valence-corrected chi connectivity index (χ4v) is 3.40. The van der Waals surface area contributed by atoms with E-state index in [0.29, 0.717) is 0 Å². The summed E-state index contributed by atoms with van der Waals surface area (Å²) in [4.78, 5) is 9.47. The summed E-state index contributed by atoms with van der Waals surface area (Å²) < 4.78 is 0. The molecular formula is C15H24N4. The average Bonchev–Trinajstić information content (AvgIpc) is 2.49. The van der Waals surface area contributed by atoms with E-state index in [0.717, 1.165) is 30.6 Å². The van der Waals surface area contributed by atoms with Crippen LogP contribution in [0.4, 0.5) is 11.5 Å². The smallest absolute Gasteiger partial charge is 0.151 e. The van der Waals surface area contributed by atoms with Gasteiger partial charge in [0.15, 0.2) is 5.82 Å². The third-order valence-electron chi connectivity index (χ3n) is 4.49. The van der Waals surface area contributed by atoms with Gasteiger partial charge in [-0.25, -0.2) is 4.98 Å². The number of nitrogen functional groups attached to an aromatic ring is 1. The van der Waals surface area contributed by atoms with Crippen molar-refractivity contribution >= 4 is 11.5 Å². The van der Waals surface area contributed by atoms with Crippen molar-refractivity contribution < 1.29 is 0 Å². The second-order valence-electron chi connectivity index (χ2n) is 5.73. The second kappa shape index (κ2) is 5.78. The Labute approximate surface area is 115 Å². The quantitative estimate of drug-likeness (QED) is 0.884. The molecule has 19 heavy (non-hydrogen) atoms. The molecule has 1 aromatic heterocycles. The SMILES string of the molecule is Nc1cccnc1N1CCC(N2CCCCC2)CC1. The standard InChI is InChI=1S/C15H24N4/c16-14-5-4-8-17-15(14)19-11-6-13(7-12-19)18-9-2-1-3-10-18/h4-5,8,13H,1-3,6-7,9-12,16H2. The zero-order valence-electron chi connectivity index (χ0n) is 11.6. The highest BCUT2D eigenvalue weighted by molar-refractivity contribution is 5.62. The molecule has 2 saturated heterocycles. The van der Waals surface area contributed by atoms with Gasteiger partial charge in [-0.2, -0.15) is 0 Å². The summed E-state index contributed by atoms with van der Waals surface area (Å²) in [5.74, 6) is 0.972. The van der Waals surface area contributed by atoms with Crippen molar-refractivity contribution in [3.8, 4) is 0 Å². The Bertz CT molecular complexity index is 406. The van der Waals surface area contributed by atoms with Gasteiger partial charge in [0.1, 0.15) is 0 Å². The van der Waals surface area contributed by atoms with Crippen LogP contribution in [0.5, 0.6) is 0 Å². The minimum absolute atomic E-state index is 0.779. The molecule has 2 N–H and O–H groups in total. The van der Waals surface area contributed by atoms with E-state index in [1.54, 1.807) is 0 Å². The summed E-state index contributed by atoms with van der Waals surface area (Å²) >= 11 is 0. The maximum Gasteiger partial charge on any atom is 0.151 e. The molecular weight excluding hydrogens is 236 g/mol. The highest BCUT2D eigenvalue weighted by atomic mass is 15.2. The van der Waals surface area contributed by atoms with Crippen molar-refractivity contribution in [1.29, 1.82) is 0 Å². The van der Waals surface area contributed by atoms with Crippen LogP contribution in [0.2, 0.25) is 0 Å². The summed E-state index contributed by atoms with van der Waals surface area (Å²) in [5, 5.41) is 0. The third kappa shape index (κ3) is 2.84. The molecule has 0 aromatic carbocycles. The highest BCUT2D eigenvalue weighted by Gasteiger charge is 2.26. The molecule has 104 valence electrons. The molecule has 4 nitrogen and oxygen atoms in total. The molecule has 0 atom stereocenters. The number of anilines is 2. The molecule has 0 radical (unpaired) electrons. The fourth-order valence-electron chi connectivity index (χ4n) is 3.40. The maximum atomic E-state index is 6.01. The number of pyridine rings is 1. The maximum absolute atomic E-state index is 6.01. The largest absolute Gasteiger partial charge is 0.396 e. The van der Waals surface area contributed by atoms with Crippen LogP contribution in [0, 0.1) is 0 Å². The zero-order valence-corrected chi connectivity index (χ0v) is 11.6. The van der Waals surface area contributed by atoms with Gasteiger partial charge in [-0.15, -0.1) is 0 Å². The molecule has 2 aliphatic heterocycles. The summed E-state index contributed by atoms with van der Waals surface area (Å²) in [6.07, 6.45) is 8.51. The van der Waals surface area contributed by atoms with E-state index >= 15 is 0 Å². The molecule has 0 amide bonds. The Morgan fingerprint density at radius 3 is 2.47 bits per heavy atom. The van der Waals surface area contributed by atoms with Crippen LogP contribution in [-0.2, 0) is 0 Å². The van der Waals surface area contributed by atoms with Gasteiger partial charge in [-0.3, -0.25) is 0 Å². The number of aromatic nitrogens is 1. The minimum Gasteiger partial charge on any atom is -0.396 e. The summed E-state index contributed by atoms with van der Waals surface area (Å²) in [5.41, 5.74) is 6.82. The van der Waals surface area contributed by atoms with E-state index in [-0.39, 0.29) is 0 Å². The highest BCUT2D eigenvalue weighted by Crippen LogP contribution is 2.26. The monoisotopic (exact) mass is 260 g/mol. The zero-order chi connectivity index (χ0) is 13.1. The lowest BCUT2D eigenvalue weighted by Crippen LogP contribution is -2.47. The third-order valence-corrected chi connectivity index (χ3v) is 4.49. The topological polar surface area (TPSA) is 45.4 Å². The molecule has 0 aliphatic carbocycles. The number of likely N-dealkylation sites (tertiary alicyclic amines) is 1. The average molecular weight is 260 g/mol. The van der Waals surface area contributed by atoms with Crippen molar-refractivity contribution in [3.05, 3.63) is 18.3 Å². The van der Waals surface area contributed by atoms with Gasteiger partial charge in [-0.1, -0.05) is 6.42 Å². The van der Waals surface area contributed by atoms with Crippen LogP contribution in [0.1, 0.15) is 32.1 Å². The van der Waals surface area contributed by atoms with Gasteiger partial charge in [0.2, 0.25) is 0 Å². The van der Waals surface area contributed by atoms with E-state index in [2.05, 4.69) is 14.8 Å². The first-order chi connectivity index (χ1) is 9.34. The van der Waals surface area contributed by atoms with Gasteiger partial charge in [0.05, 0.1) is 5.69 Å². The minimum atomic E-state index is 0.779. The van der Waals surface area contributed by atoms with Gasteiger partial charge in [-0.05, 0) is 50.9 Å². The van der Waals surface area contributed by atoms with E-state index in [1.807, 2.05) is 18.3 Å². The van der Waals surface area contributed by atoms with Crippen LogP contribution >= 0.6 is 0 Å². The van der Waals surface area contributed by atoms with E-state index in [9.17, 15) is 0 Å². The molecule has 0 bridgehead atoms. The Kier molecular flexibility index (Phi) is 3.87. The van der Waals surface area contributed by atoms with Gasteiger partial charge >= 0.3 is 0 Å². The van der Waals surface area contributed by atoms with E-state index < -0.39 is 0 Å². The lowest BCUT2D eigenvalue weighted by molar-refractivity contribution is 0.141. The molecule has 2 fully saturated rings. The normalized spacial score (nSPS) is 22.6. The Morgan fingerprint density at radius 2 is 1.79 bits per heavy atom. The number of piperidine rings is 2. The fraction of sp³-hybridized carbons (Fsp3) is 0.667. The Hall–Kier alpha value is -1.29. The van der Waals surface area contributed by atoms with Crippen molar-refractivity contribution in [2.24, 2.45) is 0 Å². The molecule has 1 aromatic rings. The molecule has 0 saturated carbocycles. The summed E-state index contributed by atoms with van der Waals surface area (Å²) in [6.45, 7) is 4.78. The van der Waals surface area contributed by atoms with E-state index in [1.165, 1.54) is 45.2 Å². The van der Waals surface area contributed by atoms with Crippen LogP contribution < -0.4 is 10.6 Å². The van der Waals surface area contributed by atoms with Crippen molar-refractivity contribution in [2.75, 3.05) is 36.8 Å². The predicted molar refractivity (Wildman–Crippen MR) is 79.3 cm³/mol. The second-order valence-corrected chi connectivity index (χ2v) is 5.73. The number of hydrogen-bond donors (Lipinski definition) is 1. The summed E-state index contributed by atoms with van der Waals surface area (Å²) in [6, 6.07) is 4.62. The first kappa shape index (κ1) is 12.7. The lowest BCUT2D eigenvalue weighted by Gasteiger charge is -2.40. The van der Waals surface area contributed by atoms with Crippen molar-refractivity contribution in [1.82, 2.24) is 9.88 Å². The van der Waals surface area contributed by atoms with Crippen LogP contribution in [0.15, 0.2) is 18.3 Å². The number of nitrogens with two attached hydrogens (primary N) is 1. The van der Waals surface area contributed by atoms with Crippen LogP contribution in [-0.4, -0.2) is 42.1 Å². The van der Waals surface area contributed by atoms with Crippen molar-refractivity contribution in [3.63, 3.8) is 0 Å². The first-order valence-electron chi connectivity index (χ1n) is 7.54. The molecule has 0 unspecified atom stereocenters. The van der Waals surface area contributed by atoms with Gasteiger partial charge in [0.25, 0.3) is 0 Å². The van der Waals surface area contributed by atoms with Crippen LogP contribution in [0.25, 0.3) is 0 Å². The summed E-state index contributed by atoms with van der Waals surface area (Å²) in [7, 11) is 0.